The molecule has 4 unspecified atom stereocenters. The highest BCUT2D eigenvalue weighted by atomic mass is 16.5. The van der Waals surface area contributed by atoms with Crippen LogP contribution in [0, 0.1) is 23.7 Å². The largest absolute Gasteiger partial charge is 0.378 e. The van der Waals surface area contributed by atoms with E-state index in [1.807, 2.05) is 0 Å². The SMILES string of the molecule is O=C1/C(=N/Nc2nc(N3CCOCC3)nc(N3CCOCC3)n2)C2CCCC3CCCC1C32. The average Bonchev–Trinajstić information content (AvgIpc) is 3.16. The van der Waals surface area contributed by atoms with Crippen LogP contribution in [0.25, 0.3) is 0 Å². The molecule has 3 heterocycles. The second-order valence-corrected chi connectivity index (χ2v) is 9.84. The van der Waals surface area contributed by atoms with Crippen molar-refractivity contribution in [1.29, 1.82) is 0 Å². The Kier molecular flexibility index (Phi) is 5.87. The molecule has 4 atom stereocenters. The molecule has 178 valence electrons. The van der Waals surface area contributed by atoms with Crippen LogP contribution in [0.1, 0.15) is 38.5 Å². The van der Waals surface area contributed by atoms with Gasteiger partial charge in [0.05, 0.1) is 26.4 Å². The van der Waals surface area contributed by atoms with Gasteiger partial charge in [0.15, 0.2) is 5.78 Å². The number of Topliss-reactive ketones (excluding diaryl/α,β-unsaturated/α-hetero) is 1. The minimum absolute atomic E-state index is 0.167. The lowest BCUT2D eigenvalue weighted by Gasteiger charge is -2.39. The Labute approximate surface area is 194 Å². The third-order valence-corrected chi connectivity index (χ3v) is 8.07. The Morgan fingerprint density at radius 1 is 0.788 bits per heavy atom. The van der Waals surface area contributed by atoms with Gasteiger partial charge in [0.1, 0.15) is 5.71 Å². The Bertz CT molecular complexity index is 875. The van der Waals surface area contributed by atoms with Gasteiger partial charge in [0.25, 0.3) is 0 Å². The van der Waals surface area contributed by atoms with Gasteiger partial charge in [-0.2, -0.15) is 20.1 Å². The molecule has 1 aromatic rings. The summed E-state index contributed by atoms with van der Waals surface area (Å²) in [6, 6.07) is 0. The molecule has 0 aromatic carbocycles. The third-order valence-electron chi connectivity index (χ3n) is 8.07. The molecule has 10 nitrogen and oxygen atoms in total. The lowest BCUT2D eigenvalue weighted by atomic mass is 9.65. The maximum Gasteiger partial charge on any atom is 0.250 e. The van der Waals surface area contributed by atoms with E-state index >= 15 is 0 Å². The van der Waals surface area contributed by atoms with Crippen LogP contribution in [-0.2, 0) is 14.3 Å². The number of nitrogens with zero attached hydrogens (tertiary/aromatic N) is 6. The van der Waals surface area contributed by atoms with Crippen molar-refractivity contribution in [3.8, 4) is 0 Å². The number of carbonyl (C=O) groups excluding carboxylic acids is 1. The summed E-state index contributed by atoms with van der Waals surface area (Å²) in [6.45, 7) is 5.59. The van der Waals surface area contributed by atoms with Gasteiger partial charge < -0.3 is 19.3 Å². The van der Waals surface area contributed by atoms with E-state index in [-0.39, 0.29) is 17.6 Å². The molecule has 0 radical (unpaired) electrons. The highest BCUT2D eigenvalue weighted by Crippen LogP contribution is 2.52. The molecule has 6 rings (SSSR count). The Balaban J connectivity index is 1.28. The first-order valence-corrected chi connectivity index (χ1v) is 12.6. The van der Waals surface area contributed by atoms with E-state index in [1.165, 1.54) is 25.7 Å². The molecular weight excluding hydrogens is 422 g/mol. The first-order valence-electron chi connectivity index (χ1n) is 12.6. The van der Waals surface area contributed by atoms with E-state index in [0.717, 1.165) is 44.7 Å². The van der Waals surface area contributed by atoms with E-state index < -0.39 is 0 Å². The smallest absolute Gasteiger partial charge is 0.250 e. The molecule has 3 saturated carbocycles. The zero-order chi connectivity index (χ0) is 22.2. The van der Waals surface area contributed by atoms with Gasteiger partial charge in [-0.15, -0.1) is 0 Å². The quantitative estimate of drug-likeness (QED) is 0.680. The highest BCUT2D eigenvalue weighted by Gasteiger charge is 2.53. The number of nitrogens with one attached hydrogen (secondary N) is 1. The summed E-state index contributed by atoms with van der Waals surface area (Å²) in [5, 5.41) is 4.67. The lowest BCUT2D eigenvalue weighted by molar-refractivity contribution is -0.118. The van der Waals surface area contributed by atoms with Gasteiger partial charge in [-0.25, -0.2) is 5.43 Å². The van der Waals surface area contributed by atoms with Gasteiger partial charge in [-0.05, 0) is 24.7 Å². The molecule has 2 aliphatic heterocycles. The summed E-state index contributed by atoms with van der Waals surface area (Å²) in [7, 11) is 0. The summed E-state index contributed by atoms with van der Waals surface area (Å²) in [5.41, 5.74) is 3.80. The summed E-state index contributed by atoms with van der Waals surface area (Å²) in [6.07, 6.45) is 6.99. The number of hydrazone groups is 1. The number of aromatic nitrogens is 3. The van der Waals surface area contributed by atoms with Crippen molar-refractivity contribution in [1.82, 2.24) is 15.0 Å². The first kappa shape index (κ1) is 21.2. The number of anilines is 3. The zero-order valence-electron chi connectivity index (χ0n) is 19.1. The lowest BCUT2D eigenvalue weighted by Crippen LogP contribution is -2.40. The second-order valence-electron chi connectivity index (χ2n) is 9.84. The number of hydrogen-bond donors (Lipinski definition) is 1. The van der Waals surface area contributed by atoms with Crippen molar-refractivity contribution >= 4 is 29.3 Å². The third kappa shape index (κ3) is 4.07. The van der Waals surface area contributed by atoms with E-state index in [4.69, 9.17) is 14.5 Å². The zero-order valence-corrected chi connectivity index (χ0v) is 19.1. The van der Waals surface area contributed by atoms with Crippen molar-refractivity contribution in [2.24, 2.45) is 28.8 Å². The predicted octanol–water partition coefficient (Wildman–Crippen LogP) is 1.73. The monoisotopic (exact) mass is 455 g/mol. The van der Waals surface area contributed by atoms with Crippen molar-refractivity contribution in [2.75, 3.05) is 67.8 Å². The van der Waals surface area contributed by atoms with E-state index in [1.54, 1.807) is 0 Å². The van der Waals surface area contributed by atoms with Crippen LogP contribution >= 0.6 is 0 Å². The minimum atomic E-state index is 0.167. The number of carbonyl (C=O) groups is 1. The summed E-state index contributed by atoms with van der Waals surface area (Å²) < 4.78 is 11.0. The molecule has 3 aliphatic carbocycles. The Morgan fingerprint density at radius 2 is 1.36 bits per heavy atom. The van der Waals surface area contributed by atoms with E-state index in [0.29, 0.717) is 56.1 Å². The molecule has 1 N–H and O–H groups in total. The molecular formula is C23H33N7O3. The summed E-state index contributed by atoms with van der Waals surface area (Å²) in [5.74, 6) is 3.54. The number of rotatable bonds is 4. The number of morpholine rings is 2. The summed E-state index contributed by atoms with van der Waals surface area (Å²) in [4.78, 5) is 31.6. The van der Waals surface area contributed by atoms with Gasteiger partial charge in [-0.1, -0.05) is 25.7 Å². The molecule has 2 saturated heterocycles. The maximum absolute atomic E-state index is 13.3. The molecule has 5 aliphatic rings. The van der Waals surface area contributed by atoms with Crippen molar-refractivity contribution < 1.29 is 14.3 Å². The Hall–Kier alpha value is -2.33. The molecule has 1 aromatic heterocycles. The molecule has 0 bridgehead atoms. The van der Waals surface area contributed by atoms with Gasteiger partial charge >= 0.3 is 0 Å². The topological polar surface area (TPSA) is 105 Å². The first-order chi connectivity index (χ1) is 16.3. The number of hydrogen-bond acceptors (Lipinski definition) is 10. The van der Waals surface area contributed by atoms with Gasteiger partial charge in [0.2, 0.25) is 17.8 Å². The maximum atomic E-state index is 13.3. The normalized spacial score (nSPS) is 33.3. The second kappa shape index (κ2) is 9.13. The van der Waals surface area contributed by atoms with Gasteiger partial charge in [0, 0.05) is 38.0 Å². The van der Waals surface area contributed by atoms with Crippen LogP contribution in [0.2, 0.25) is 0 Å². The molecule has 33 heavy (non-hydrogen) atoms. The standard InChI is InChI=1S/C23H33N7O3/c31-20-17-6-2-4-15-3-1-5-16(18(15)17)19(20)27-28-21-24-22(29-7-11-32-12-8-29)26-23(25-21)30-9-13-33-14-10-30/h15-18H,1-14H2,(H,24,25,26,28)/b27-19+. The van der Waals surface area contributed by atoms with E-state index in [2.05, 4.69) is 30.3 Å². The van der Waals surface area contributed by atoms with E-state index in [9.17, 15) is 4.79 Å². The fourth-order valence-corrected chi connectivity index (χ4v) is 6.51. The molecule has 10 heteroatoms. The van der Waals surface area contributed by atoms with Gasteiger partial charge in [-0.3, -0.25) is 4.79 Å². The fourth-order valence-electron chi connectivity index (χ4n) is 6.51. The van der Waals surface area contributed by atoms with Crippen LogP contribution in [-0.4, -0.2) is 79.1 Å². The van der Waals surface area contributed by atoms with Crippen LogP contribution in [0.3, 0.4) is 0 Å². The van der Waals surface area contributed by atoms with Crippen molar-refractivity contribution in [3.63, 3.8) is 0 Å². The minimum Gasteiger partial charge on any atom is -0.378 e. The summed E-state index contributed by atoms with van der Waals surface area (Å²) >= 11 is 0. The molecule has 5 fully saturated rings. The van der Waals surface area contributed by atoms with Crippen LogP contribution in [0.5, 0.6) is 0 Å². The van der Waals surface area contributed by atoms with Crippen LogP contribution < -0.4 is 15.2 Å². The Morgan fingerprint density at radius 3 is 1.97 bits per heavy atom. The molecule has 0 spiro atoms. The predicted molar refractivity (Wildman–Crippen MR) is 124 cm³/mol. The van der Waals surface area contributed by atoms with Crippen molar-refractivity contribution in [2.45, 2.75) is 38.5 Å². The van der Waals surface area contributed by atoms with Crippen LogP contribution in [0.15, 0.2) is 5.10 Å². The molecule has 0 amide bonds. The van der Waals surface area contributed by atoms with Crippen LogP contribution in [0.4, 0.5) is 17.8 Å². The van der Waals surface area contributed by atoms with Crippen molar-refractivity contribution in [3.05, 3.63) is 0 Å². The average molecular weight is 456 g/mol. The highest BCUT2D eigenvalue weighted by molar-refractivity contribution is 6.43. The number of ketones is 1. The fraction of sp³-hybridized carbons (Fsp3) is 0.783. The number of ether oxygens (including phenoxy) is 2.